The molecule has 5 heteroatoms. The number of carbonyl (C=O) groups excluding carboxylic acids is 1. The van der Waals surface area contributed by atoms with E-state index in [9.17, 15) is 9.59 Å². The van der Waals surface area contributed by atoms with Crippen LogP contribution < -0.4 is 0 Å². The van der Waals surface area contributed by atoms with Crippen LogP contribution in [0, 0.1) is 0 Å². The van der Waals surface area contributed by atoms with Gasteiger partial charge >= 0.3 is 5.97 Å². The highest BCUT2D eigenvalue weighted by Gasteiger charge is 2.52. The zero-order valence-electron chi connectivity index (χ0n) is 12.5. The van der Waals surface area contributed by atoms with Gasteiger partial charge in [-0.15, -0.1) is 0 Å². The highest BCUT2D eigenvalue weighted by molar-refractivity contribution is 5.92. The van der Waals surface area contributed by atoms with Crippen molar-refractivity contribution in [2.45, 2.75) is 25.3 Å². The van der Waals surface area contributed by atoms with Crippen molar-refractivity contribution in [3.8, 4) is 0 Å². The van der Waals surface area contributed by atoms with Crippen molar-refractivity contribution in [2.75, 3.05) is 0 Å². The topological polar surface area (TPSA) is 70.1 Å². The third-order valence-corrected chi connectivity index (χ3v) is 3.72. The van der Waals surface area contributed by atoms with Crippen LogP contribution in [0.5, 0.6) is 0 Å². The Morgan fingerprint density at radius 3 is 1.74 bits per heavy atom. The number of amides is 1. The molecular weight excluding hydrogens is 294 g/mol. The lowest BCUT2D eigenvalue weighted by Crippen LogP contribution is -2.35. The Hall–Kier alpha value is -2.66. The van der Waals surface area contributed by atoms with Crippen LogP contribution in [0.3, 0.4) is 0 Å². The summed E-state index contributed by atoms with van der Waals surface area (Å²) in [6, 6.07) is 19.2. The quantitative estimate of drug-likeness (QED) is 0.829. The van der Waals surface area contributed by atoms with Gasteiger partial charge in [-0.3, -0.25) is 4.79 Å². The minimum Gasteiger partial charge on any atom is -0.479 e. The number of epoxide rings is 1. The zero-order valence-corrected chi connectivity index (χ0v) is 12.5. The van der Waals surface area contributed by atoms with Crippen molar-refractivity contribution in [2.24, 2.45) is 0 Å². The van der Waals surface area contributed by atoms with Crippen molar-refractivity contribution in [1.29, 1.82) is 0 Å². The fraction of sp³-hybridized carbons (Fsp3) is 0.222. The summed E-state index contributed by atoms with van der Waals surface area (Å²) in [7, 11) is 0. The number of benzene rings is 2. The molecule has 1 N–H and O–H groups in total. The Morgan fingerprint density at radius 1 is 0.870 bits per heavy atom. The number of ether oxygens (including phenoxy) is 1. The molecule has 1 amide bonds. The van der Waals surface area contributed by atoms with E-state index in [2.05, 4.69) is 0 Å². The summed E-state index contributed by atoms with van der Waals surface area (Å²) in [6.45, 7) is 0.835. The van der Waals surface area contributed by atoms with Gasteiger partial charge in [-0.1, -0.05) is 60.7 Å². The van der Waals surface area contributed by atoms with Crippen LogP contribution >= 0.6 is 0 Å². The second-order valence-corrected chi connectivity index (χ2v) is 5.48. The number of nitrogens with zero attached hydrogens (tertiary/aromatic N) is 1. The minimum absolute atomic E-state index is 0.287. The molecule has 0 saturated carbocycles. The van der Waals surface area contributed by atoms with Crippen molar-refractivity contribution in [3.63, 3.8) is 0 Å². The van der Waals surface area contributed by atoms with Gasteiger partial charge in [0.05, 0.1) is 0 Å². The highest BCUT2D eigenvalue weighted by Crippen LogP contribution is 2.26. The average molecular weight is 311 g/mol. The molecule has 1 aliphatic rings. The van der Waals surface area contributed by atoms with E-state index >= 15 is 0 Å². The molecule has 1 heterocycles. The maximum Gasteiger partial charge on any atom is 0.336 e. The van der Waals surface area contributed by atoms with Gasteiger partial charge in [0.15, 0.2) is 12.2 Å². The Morgan fingerprint density at radius 2 is 1.35 bits per heavy atom. The van der Waals surface area contributed by atoms with Gasteiger partial charge in [-0.25, -0.2) is 4.79 Å². The molecule has 0 spiro atoms. The van der Waals surface area contributed by atoms with Crippen LogP contribution in [0.15, 0.2) is 60.7 Å². The van der Waals surface area contributed by atoms with Gasteiger partial charge in [0.2, 0.25) is 0 Å². The van der Waals surface area contributed by atoms with E-state index in [-0.39, 0.29) is 5.91 Å². The first kappa shape index (κ1) is 15.2. The summed E-state index contributed by atoms with van der Waals surface area (Å²) < 4.78 is 5.01. The van der Waals surface area contributed by atoms with E-state index in [0.717, 1.165) is 11.1 Å². The van der Waals surface area contributed by atoms with E-state index in [1.165, 1.54) is 0 Å². The third-order valence-electron chi connectivity index (χ3n) is 3.72. The summed E-state index contributed by atoms with van der Waals surface area (Å²) in [6.07, 6.45) is -1.89. The minimum atomic E-state index is -1.09. The summed E-state index contributed by atoms with van der Waals surface area (Å²) in [5, 5.41) is 8.94. The molecule has 118 valence electrons. The Labute approximate surface area is 134 Å². The SMILES string of the molecule is O=C(O)[C@H]1O[C@@H]1C(=O)N(Cc1ccccc1)Cc1ccccc1. The zero-order chi connectivity index (χ0) is 16.2. The molecule has 5 nitrogen and oxygen atoms in total. The summed E-state index contributed by atoms with van der Waals surface area (Å²) in [4.78, 5) is 25.1. The lowest BCUT2D eigenvalue weighted by atomic mass is 10.1. The Balaban J connectivity index is 1.76. The second kappa shape index (κ2) is 6.62. The maximum atomic E-state index is 12.6. The van der Waals surface area contributed by atoms with E-state index in [1.807, 2.05) is 60.7 Å². The molecule has 0 aliphatic carbocycles. The van der Waals surface area contributed by atoms with E-state index in [4.69, 9.17) is 9.84 Å². The van der Waals surface area contributed by atoms with Gasteiger partial charge < -0.3 is 14.7 Å². The molecule has 23 heavy (non-hydrogen) atoms. The summed E-state index contributed by atoms with van der Waals surface area (Å²) in [5.41, 5.74) is 1.98. The molecule has 2 atom stereocenters. The molecule has 0 bridgehead atoms. The van der Waals surface area contributed by atoms with Gasteiger partial charge in [0.25, 0.3) is 5.91 Å². The molecule has 1 saturated heterocycles. The predicted molar refractivity (Wildman–Crippen MR) is 83.4 cm³/mol. The van der Waals surface area contributed by atoms with Gasteiger partial charge in [0, 0.05) is 13.1 Å². The lowest BCUT2D eigenvalue weighted by Gasteiger charge is -2.22. The molecule has 2 aromatic carbocycles. The number of carboxylic acids is 1. The highest BCUT2D eigenvalue weighted by atomic mass is 16.6. The average Bonchev–Trinajstić information content (AvgIpc) is 3.36. The van der Waals surface area contributed by atoms with Crippen molar-refractivity contribution in [3.05, 3.63) is 71.8 Å². The van der Waals surface area contributed by atoms with Crippen LogP contribution in [0.4, 0.5) is 0 Å². The first-order chi connectivity index (χ1) is 11.1. The first-order valence-electron chi connectivity index (χ1n) is 7.40. The van der Waals surface area contributed by atoms with Crippen LogP contribution in [-0.2, 0) is 27.4 Å². The standard InChI is InChI=1S/C18H17NO4/c20-17(15-16(23-15)18(21)22)19(11-13-7-3-1-4-8-13)12-14-9-5-2-6-10-14/h1-10,15-16H,11-12H2,(H,21,22)/t15-,16-/m0/s1. The van der Waals surface area contributed by atoms with Crippen LogP contribution in [0.1, 0.15) is 11.1 Å². The van der Waals surface area contributed by atoms with Crippen LogP contribution in [0.2, 0.25) is 0 Å². The number of hydrogen-bond acceptors (Lipinski definition) is 3. The number of carboxylic acid groups (broad SMARTS) is 1. The lowest BCUT2D eigenvalue weighted by molar-refractivity contribution is -0.139. The van der Waals surface area contributed by atoms with E-state index < -0.39 is 18.2 Å². The molecule has 3 rings (SSSR count). The van der Waals surface area contributed by atoms with Crippen molar-refractivity contribution in [1.82, 2.24) is 4.90 Å². The number of carbonyl (C=O) groups is 2. The first-order valence-corrected chi connectivity index (χ1v) is 7.40. The molecule has 2 aromatic rings. The molecule has 0 aromatic heterocycles. The smallest absolute Gasteiger partial charge is 0.336 e. The largest absolute Gasteiger partial charge is 0.479 e. The Bertz CT molecular complexity index is 645. The Kier molecular flexibility index (Phi) is 4.39. The third kappa shape index (κ3) is 3.76. The predicted octanol–water partition coefficient (Wildman–Crippen LogP) is 2.07. The normalized spacial score (nSPS) is 19.1. The maximum absolute atomic E-state index is 12.6. The second-order valence-electron chi connectivity index (χ2n) is 5.48. The van der Waals surface area contributed by atoms with Gasteiger partial charge in [-0.05, 0) is 11.1 Å². The molecule has 0 radical (unpaired) electrons. The fourth-order valence-electron chi connectivity index (χ4n) is 2.49. The molecule has 0 unspecified atom stereocenters. The van der Waals surface area contributed by atoms with Crippen molar-refractivity contribution >= 4 is 11.9 Å². The monoisotopic (exact) mass is 311 g/mol. The molecule has 1 fully saturated rings. The van der Waals surface area contributed by atoms with Crippen LogP contribution in [-0.4, -0.2) is 34.1 Å². The summed E-state index contributed by atoms with van der Waals surface area (Å²) in [5.74, 6) is -1.38. The molecule has 1 aliphatic heterocycles. The number of rotatable bonds is 6. The number of hydrogen-bond donors (Lipinski definition) is 1. The molecular formula is C18H17NO4. The van der Waals surface area contributed by atoms with E-state index in [1.54, 1.807) is 4.90 Å². The number of aliphatic carboxylic acids is 1. The van der Waals surface area contributed by atoms with Crippen molar-refractivity contribution < 1.29 is 19.4 Å². The van der Waals surface area contributed by atoms with Gasteiger partial charge in [0.1, 0.15) is 0 Å². The van der Waals surface area contributed by atoms with Gasteiger partial charge in [-0.2, -0.15) is 0 Å². The van der Waals surface area contributed by atoms with Crippen LogP contribution in [0.25, 0.3) is 0 Å². The fourth-order valence-corrected chi connectivity index (χ4v) is 2.49. The summed E-state index contributed by atoms with van der Waals surface area (Å²) >= 11 is 0. The van der Waals surface area contributed by atoms with E-state index in [0.29, 0.717) is 13.1 Å².